The Balaban J connectivity index is 2.51. The van der Waals surface area contributed by atoms with Gasteiger partial charge in [-0.3, -0.25) is 0 Å². The number of likely N-dealkylation sites (N-methyl/N-ethyl adjacent to an activating group) is 1. The molecule has 4 nitrogen and oxygen atoms in total. The molecule has 1 N–H and O–H groups in total. The molecule has 4 heteroatoms. The minimum absolute atomic E-state index is 0.0459. The quantitative estimate of drug-likeness (QED) is 0.698. The number of hydrogen-bond donors (Lipinski definition) is 1. The van der Waals surface area contributed by atoms with E-state index >= 15 is 0 Å². The summed E-state index contributed by atoms with van der Waals surface area (Å²) in [4.78, 5) is 15.0. The molecular formula is C9H18N2O2. The zero-order valence-corrected chi connectivity index (χ0v) is 8.58. The Bertz CT molecular complexity index is 198. The number of hydrogen-bond acceptors (Lipinski definition) is 2. The molecule has 1 aliphatic rings. The second-order valence-electron chi connectivity index (χ2n) is 4.10. The van der Waals surface area contributed by atoms with Gasteiger partial charge in [-0.15, -0.1) is 0 Å². The van der Waals surface area contributed by atoms with Crippen molar-refractivity contribution in [2.24, 2.45) is 0 Å². The maximum atomic E-state index is 11.6. The molecule has 1 saturated heterocycles. The van der Waals surface area contributed by atoms with Crippen LogP contribution in [0.4, 0.5) is 4.79 Å². The highest BCUT2D eigenvalue weighted by atomic mass is 16.3. The van der Waals surface area contributed by atoms with Crippen molar-refractivity contribution in [2.75, 3.05) is 26.2 Å². The Morgan fingerprint density at radius 2 is 1.92 bits per heavy atom. The Kier molecular flexibility index (Phi) is 2.81. The van der Waals surface area contributed by atoms with Gasteiger partial charge in [0.15, 0.2) is 0 Å². The van der Waals surface area contributed by atoms with Gasteiger partial charge in [0.1, 0.15) is 0 Å². The number of amides is 2. The van der Waals surface area contributed by atoms with Crippen LogP contribution in [0.3, 0.4) is 0 Å². The van der Waals surface area contributed by atoms with E-state index in [-0.39, 0.29) is 6.03 Å². The molecule has 1 aliphatic heterocycles. The van der Waals surface area contributed by atoms with Crippen LogP contribution in [-0.4, -0.2) is 52.7 Å². The van der Waals surface area contributed by atoms with Crippen molar-refractivity contribution in [2.45, 2.75) is 26.4 Å². The summed E-state index contributed by atoms with van der Waals surface area (Å²) in [6.07, 6.45) is 0. The number of carbonyl (C=O) groups excluding carboxylic acids is 1. The number of aliphatic hydroxyl groups is 1. The van der Waals surface area contributed by atoms with Gasteiger partial charge in [-0.05, 0) is 20.8 Å². The molecule has 1 heterocycles. The Morgan fingerprint density at radius 1 is 1.38 bits per heavy atom. The van der Waals surface area contributed by atoms with E-state index in [2.05, 4.69) is 0 Å². The number of nitrogens with zero attached hydrogens (tertiary/aromatic N) is 2. The van der Waals surface area contributed by atoms with E-state index < -0.39 is 5.60 Å². The third kappa shape index (κ3) is 2.59. The van der Waals surface area contributed by atoms with Crippen LogP contribution in [0.15, 0.2) is 0 Å². The molecule has 0 spiro atoms. The average Bonchev–Trinajstić information content (AvgIpc) is 2.30. The van der Waals surface area contributed by atoms with Gasteiger partial charge in [-0.1, -0.05) is 0 Å². The molecule has 0 atom stereocenters. The Hall–Kier alpha value is -0.770. The van der Waals surface area contributed by atoms with Gasteiger partial charge in [0.2, 0.25) is 0 Å². The molecule has 0 aromatic rings. The van der Waals surface area contributed by atoms with Gasteiger partial charge in [0.25, 0.3) is 0 Å². The van der Waals surface area contributed by atoms with Crippen LogP contribution in [0.1, 0.15) is 20.8 Å². The van der Waals surface area contributed by atoms with Gasteiger partial charge in [0.05, 0.1) is 12.1 Å². The summed E-state index contributed by atoms with van der Waals surface area (Å²) in [5.74, 6) is 0. The van der Waals surface area contributed by atoms with Gasteiger partial charge in [-0.2, -0.15) is 0 Å². The zero-order chi connectivity index (χ0) is 10.1. The smallest absolute Gasteiger partial charge is 0.320 e. The Morgan fingerprint density at radius 3 is 2.31 bits per heavy atom. The van der Waals surface area contributed by atoms with Crippen LogP contribution in [0, 0.1) is 0 Å². The standard InChI is InChI=1S/C9H18N2O2/c1-4-10-5-6-11(8(10)12)7-9(2,3)13/h13H,4-7H2,1-3H3. The highest BCUT2D eigenvalue weighted by Crippen LogP contribution is 2.12. The van der Waals surface area contributed by atoms with Crippen molar-refractivity contribution in [1.29, 1.82) is 0 Å². The second kappa shape index (κ2) is 3.54. The maximum Gasteiger partial charge on any atom is 0.320 e. The molecule has 0 aromatic heterocycles. The molecule has 13 heavy (non-hydrogen) atoms. The summed E-state index contributed by atoms with van der Waals surface area (Å²) in [6, 6.07) is 0.0459. The first kappa shape index (κ1) is 10.3. The van der Waals surface area contributed by atoms with E-state index in [0.717, 1.165) is 19.6 Å². The summed E-state index contributed by atoms with van der Waals surface area (Å²) >= 11 is 0. The predicted molar refractivity (Wildman–Crippen MR) is 50.5 cm³/mol. The lowest BCUT2D eigenvalue weighted by molar-refractivity contribution is 0.0513. The fourth-order valence-corrected chi connectivity index (χ4v) is 1.54. The first-order chi connectivity index (χ1) is 5.94. The van der Waals surface area contributed by atoms with Gasteiger partial charge in [-0.25, -0.2) is 4.79 Å². The molecule has 0 aromatic carbocycles. The third-order valence-electron chi connectivity index (χ3n) is 2.14. The highest BCUT2D eigenvalue weighted by molar-refractivity contribution is 5.76. The molecule has 0 aliphatic carbocycles. The Labute approximate surface area is 79.1 Å². The van der Waals surface area contributed by atoms with Crippen LogP contribution in [-0.2, 0) is 0 Å². The fourth-order valence-electron chi connectivity index (χ4n) is 1.54. The number of rotatable bonds is 3. The van der Waals surface area contributed by atoms with Crippen molar-refractivity contribution >= 4 is 6.03 Å². The molecule has 0 unspecified atom stereocenters. The van der Waals surface area contributed by atoms with Gasteiger partial charge >= 0.3 is 6.03 Å². The third-order valence-corrected chi connectivity index (χ3v) is 2.14. The molecular weight excluding hydrogens is 168 g/mol. The molecule has 76 valence electrons. The summed E-state index contributed by atoms with van der Waals surface area (Å²) in [7, 11) is 0. The van der Waals surface area contributed by atoms with Crippen LogP contribution >= 0.6 is 0 Å². The molecule has 0 bridgehead atoms. The van der Waals surface area contributed by atoms with Crippen molar-refractivity contribution in [3.05, 3.63) is 0 Å². The molecule has 0 radical (unpaired) electrons. The fraction of sp³-hybridized carbons (Fsp3) is 0.889. The number of urea groups is 1. The zero-order valence-electron chi connectivity index (χ0n) is 8.58. The maximum absolute atomic E-state index is 11.6. The highest BCUT2D eigenvalue weighted by Gasteiger charge is 2.30. The predicted octanol–water partition coefficient (Wildman–Crippen LogP) is 0.515. The molecule has 1 rings (SSSR count). The summed E-state index contributed by atoms with van der Waals surface area (Å²) in [5, 5.41) is 9.54. The normalized spacial score (nSPS) is 18.6. The van der Waals surface area contributed by atoms with E-state index in [4.69, 9.17) is 0 Å². The van der Waals surface area contributed by atoms with Gasteiger partial charge < -0.3 is 14.9 Å². The van der Waals surface area contributed by atoms with E-state index in [0.29, 0.717) is 6.54 Å². The first-order valence-corrected chi connectivity index (χ1v) is 4.70. The van der Waals surface area contributed by atoms with Crippen molar-refractivity contribution in [3.63, 3.8) is 0 Å². The SMILES string of the molecule is CCN1CCN(CC(C)(C)O)C1=O. The lowest BCUT2D eigenvalue weighted by Crippen LogP contribution is -2.41. The summed E-state index contributed by atoms with van der Waals surface area (Å²) in [5.41, 5.74) is -0.792. The van der Waals surface area contributed by atoms with E-state index in [1.807, 2.05) is 6.92 Å². The number of β-amino-alcohol motifs (C(OH)–C–C–N with tert-alkyl or cyclic N) is 1. The van der Waals surface area contributed by atoms with Crippen LogP contribution < -0.4 is 0 Å². The van der Waals surface area contributed by atoms with E-state index in [1.54, 1.807) is 23.6 Å². The van der Waals surface area contributed by atoms with Crippen LogP contribution in [0.2, 0.25) is 0 Å². The number of carbonyl (C=O) groups is 1. The summed E-state index contributed by atoms with van der Waals surface area (Å²) < 4.78 is 0. The van der Waals surface area contributed by atoms with E-state index in [1.165, 1.54) is 0 Å². The molecule has 0 saturated carbocycles. The first-order valence-electron chi connectivity index (χ1n) is 4.70. The van der Waals surface area contributed by atoms with Crippen molar-refractivity contribution < 1.29 is 9.90 Å². The van der Waals surface area contributed by atoms with Crippen molar-refractivity contribution in [1.82, 2.24) is 9.80 Å². The average molecular weight is 186 g/mol. The molecule has 2 amide bonds. The minimum Gasteiger partial charge on any atom is -0.389 e. The van der Waals surface area contributed by atoms with Crippen LogP contribution in [0.25, 0.3) is 0 Å². The second-order valence-corrected chi connectivity index (χ2v) is 4.10. The van der Waals surface area contributed by atoms with Crippen molar-refractivity contribution in [3.8, 4) is 0 Å². The lowest BCUT2D eigenvalue weighted by atomic mass is 10.1. The van der Waals surface area contributed by atoms with Crippen LogP contribution in [0.5, 0.6) is 0 Å². The minimum atomic E-state index is -0.792. The monoisotopic (exact) mass is 186 g/mol. The van der Waals surface area contributed by atoms with Gasteiger partial charge in [0, 0.05) is 19.6 Å². The topological polar surface area (TPSA) is 43.8 Å². The lowest BCUT2D eigenvalue weighted by Gasteiger charge is -2.25. The summed E-state index contributed by atoms with van der Waals surface area (Å²) in [6.45, 7) is 8.08. The van der Waals surface area contributed by atoms with E-state index in [9.17, 15) is 9.90 Å². The molecule has 1 fully saturated rings. The largest absolute Gasteiger partial charge is 0.389 e.